The smallest absolute Gasteiger partial charge is 0.307 e. The number of carbonyl (C=O) groups excluding carboxylic acids is 1. The Morgan fingerprint density at radius 1 is 1.24 bits per heavy atom. The largest absolute Gasteiger partial charge is 0.323 e. The Kier molecular flexibility index (Phi) is 2.72. The van der Waals surface area contributed by atoms with Crippen LogP contribution in [0.2, 0.25) is 0 Å². The van der Waals surface area contributed by atoms with Gasteiger partial charge in [0.25, 0.3) is 0 Å². The van der Waals surface area contributed by atoms with Gasteiger partial charge in [0.05, 0.1) is 5.69 Å². The minimum atomic E-state index is -0.495. The highest BCUT2D eigenvalue weighted by Gasteiger charge is 2.52. The van der Waals surface area contributed by atoms with Crippen molar-refractivity contribution in [2.24, 2.45) is 0 Å². The predicted octanol–water partition coefficient (Wildman–Crippen LogP) is 3.19. The summed E-state index contributed by atoms with van der Waals surface area (Å²) >= 11 is 1.78. The van der Waals surface area contributed by atoms with Gasteiger partial charge in [-0.25, -0.2) is 4.79 Å². The summed E-state index contributed by atoms with van der Waals surface area (Å²) in [6.07, 6.45) is 0. The van der Waals surface area contributed by atoms with E-state index in [1.165, 1.54) is 0 Å². The third kappa shape index (κ3) is 1.70. The van der Waals surface area contributed by atoms with Gasteiger partial charge >= 0.3 is 6.03 Å². The molecule has 2 aromatic rings. The molecule has 0 aliphatic carbocycles. The number of urea groups is 1. The molecule has 0 bridgehead atoms. The summed E-state index contributed by atoms with van der Waals surface area (Å²) in [5, 5.41) is 2.99. The number of hydrogen-bond acceptors (Lipinski definition) is 3. The summed E-state index contributed by atoms with van der Waals surface area (Å²) in [6.45, 7) is 2.72. The van der Waals surface area contributed by atoms with Crippen LogP contribution >= 0.6 is 11.8 Å². The molecule has 0 radical (unpaired) electrons. The average molecular weight is 297 g/mol. The lowest BCUT2D eigenvalue weighted by molar-refractivity contribution is 0.194. The molecule has 1 fully saturated rings. The maximum absolute atomic E-state index is 12.5. The fourth-order valence-corrected chi connectivity index (χ4v) is 4.63. The molecule has 5 heteroatoms. The first kappa shape index (κ1) is 12.7. The number of para-hydroxylation sites is 1. The number of fused-ring (bicyclic) bond motifs is 3. The van der Waals surface area contributed by atoms with Gasteiger partial charge in [0.1, 0.15) is 0 Å². The van der Waals surface area contributed by atoms with Gasteiger partial charge in [-0.15, -0.1) is 11.8 Å². The van der Waals surface area contributed by atoms with E-state index in [-0.39, 0.29) is 6.03 Å². The normalized spacial score (nSPS) is 23.5. The summed E-state index contributed by atoms with van der Waals surface area (Å²) in [4.78, 5) is 18.6. The first-order chi connectivity index (χ1) is 10.2. The van der Waals surface area contributed by atoms with E-state index in [1.807, 2.05) is 48.2 Å². The number of nitrogens with zero attached hydrogens (tertiary/aromatic N) is 2. The fraction of sp³-hybridized carbons (Fsp3) is 0.250. The van der Waals surface area contributed by atoms with Gasteiger partial charge in [-0.2, -0.15) is 0 Å². The minimum absolute atomic E-state index is 0.0398. The quantitative estimate of drug-likeness (QED) is 0.879. The monoisotopic (exact) mass is 297 g/mol. The molecule has 0 spiro atoms. The Bertz CT molecular complexity index is 733. The topological polar surface area (TPSA) is 45.2 Å². The van der Waals surface area contributed by atoms with Crippen molar-refractivity contribution in [1.82, 2.24) is 9.88 Å². The van der Waals surface area contributed by atoms with E-state index >= 15 is 0 Å². The number of rotatable bonds is 1. The van der Waals surface area contributed by atoms with Crippen LogP contribution < -0.4 is 5.32 Å². The van der Waals surface area contributed by atoms with Crippen LogP contribution in [0.3, 0.4) is 0 Å². The van der Waals surface area contributed by atoms with Crippen molar-refractivity contribution >= 4 is 23.5 Å². The van der Waals surface area contributed by atoms with E-state index in [9.17, 15) is 4.79 Å². The van der Waals surface area contributed by atoms with Crippen LogP contribution in [0, 0.1) is 6.92 Å². The molecule has 3 heterocycles. The standard InChI is InChI=1S/C16H15N3OS/c1-11-5-4-8-14(17-11)16-12-6-2-3-7-13(12)18-15(20)19(16)9-10-21-16/h2-8H,9-10H2,1H3,(H,18,20). The van der Waals surface area contributed by atoms with Gasteiger partial charge in [-0.05, 0) is 25.1 Å². The molecule has 2 aliphatic rings. The zero-order valence-corrected chi connectivity index (χ0v) is 12.5. The van der Waals surface area contributed by atoms with Crippen LogP contribution in [-0.4, -0.2) is 28.2 Å². The number of aryl methyl sites for hydroxylation is 1. The van der Waals surface area contributed by atoms with Gasteiger partial charge in [-0.3, -0.25) is 9.88 Å². The first-order valence-corrected chi connectivity index (χ1v) is 7.96. The van der Waals surface area contributed by atoms with Gasteiger partial charge < -0.3 is 5.32 Å². The Morgan fingerprint density at radius 2 is 2.10 bits per heavy atom. The second-order valence-corrected chi connectivity index (χ2v) is 6.57. The zero-order chi connectivity index (χ0) is 14.4. The number of nitrogens with one attached hydrogen (secondary N) is 1. The number of carbonyl (C=O) groups is 1. The summed E-state index contributed by atoms with van der Waals surface area (Å²) in [6, 6.07) is 14.0. The van der Waals surface area contributed by atoms with Crippen LogP contribution in [-0.2, 0) is 4.87 Å². The van der Waals surface area contributed by atoms with Gasteiger partial charge in [0.15, 0.2) is 4.87 Å². The van der Waals surface area contributed by atoms with E-state index in [1.54, 1.807) is 11.8 Å². The third-order valence-electron chi connectivity index (χ3n) is 4.02. The lowest BCUT2D eigenvalue weighted by atomic mass is 9.96. The molecule has 0 saturated carbocycles. The molecular formula is C16H15N3OS. The predicted molar refractivity (Wildman–Crippen MR) is 84.4 cm³/mol. The van der Waals surface area contributed by atoms with E-state index in [0.29, 0.717) is 0 Å². The molecule has 1 unspecified atom stereocenters. The summed E-state index contributed by atoms with van der Waals surface area (Å²) in [7, 11) is 0. The highest BCUT2D eigenvalue weighted by Crippen LogP contribution is 2.53. The second-order valence-electron chi connectivity index (χ2n) is 5.28. The Balaban J connectivity index is 2.01. The Labute approximate surface area is 127 Å². The number of amides is 2. The molecule has 21 heavy (non-hydrogen) atoms. The Morgan fingerprint density at radius 3 is 2.95 bits per heavy atom. The van der Waals surface area contributed by atoms with Crippen LogP contribution in [0.1, 0.15) is 17.0 Å². The van der Waals surface area contributed by atoms with E-state index in [2.05, 4.69) is 11.4 Å². The Hall–Kier alpha value is -2.01. The molecule has 2 amide bonds. The average Bonchev–Trinajstić information content (AvgIpc) is 2.94. The molecule has 4 nitrogen and oxygen atoms in total. The van der Waals surface area contributed by atoms with Crippen molar-refractivity contribution in [3.63, 3.8) is 0 Å². The number of benzene rings is 1. The molecule has 1 saturated heterocycles. The molecule has 106 valence electrons. The van der Waals surface area contributed by atoms with Gasteiger partial charge in [-0.1, -0.05) is 24.3 Å². The lowest BCUT2D eigenvalue weighted by Gasteiger charge is -2.42. The lowest BCUT2D eigenvalue weighted by Crippen LogP contribution is -2.50. The molecular weight excluding hydrogens is 282 g/mol. The molecule has 1 aromatic carbocycles. The summed E-state index contributed by atoms with van der Waals surface area (Å²) in [5.74, 6) is 0.914. The molecule has 4 rings (SSSR count). The summed E-state index contributed by atoms with van der Waals surface area (Å²) < 4.78 is 0. The summed E-state index contributed by atoms with van der Waals surface area (Å²) in [5.41, 5.74) is 3.91. The highest BCUT2D eigenvalue weighted by atomic mass is 32.2. The minimum Gasteiger partial charge on any atom is -0.307 e. The molecule has 1 N–H and O–H groups in total. The molecule has 1 atom stereocenters. The van der Waals surface area contributed by atoms with Crippen molar-refractivity contribution in [1.29, 1.82) is 0 Å². The number of aromatic nitrogens is 1. The van der Waals surface area contributed by atoms with Crippen molar-refractivity contribution in [3.8, 4) is 0 Å². The number of hydrogen-bond donors (Lipinski definition) is 1. The maximum Gasteiger partial charge on any atom is 0.323 e. The van der Waals surface area contributed by atoms with Crippen molar-refractivity contribution < 1.29 is 4.79 Å². The fourth-order valence-electron chi connectivity index (χ4n) is 3.14. The van der Waals surface area contributed by atoms with Crippen LogP contribution in [0.5, 0.6) is 0 Å². The molecule has 2 aliphatic heterocycles. The van der Waals surface area contributed by atoms with E-state index in [0.717, 1.165) is 34.9 Å². The first-order valence-electron chi connectivity index (χ1n) is 6.98. The zero-order valence-electron chi connectivity index (χ0n) is 11.7. The van der Waals surface area contributed by atoms with Gasteiger partial charge in [0.2, 0.25) is 0 Å². The van der Waals surface area contributed by atoms with Crippen molar-refractivity contribution in [3.05, 3.63) is 59.4 Å². The van der Waals surface area contributed by atoms with Crippen LogP contribution in [0.4, 0.5) is 10.5 Å². The second kappa shape index (κ2) is 4.49. The maximum atomic E-state index is 12.5. The van der Waals surface area contributed by atoms with Crippen LogP contribution in [0.15, 0.2) is 42.5 Å². The van der Waals surface area contributed by atoms with Crippen molar-refractivity contribution in [2.45, 2.75) is 11.8 Å². The number of anilines is 1. The number of thioether (sulfide) groups is 1. The number of pyridine rings is 1. The highest BCUT2D eigenvalue weighted by molar-refractivity contribution is 8.00. The van der Waals surface area contributed by atoms with Crippen molar-refractivity contribution in [2.75, 3.05) is 17.6 Å². The van der Waals surface area contributed by atoms with E-state index < -0.39 is 4.87 Å². The SMILES string of the molecule is Cc1cccc(C23SCCN2C(=O)Nc2ccccc23)n1. The van der Waals surface area contributed by atoms with E-state index in [4.69, 9.17) is 4.98 Å². The van der Waals surface area contributed by atoms with Crippen LogP contribution in [0.25, 0.3) is 0 Å². The third-order valence-corrected chi connectivity index (χ3v) is 5.47. The molecule has 1 aromatic heterocycles. The van der Waals surface area contributed by atoms with Gasteiger partial charge in [0, 0.05) is 29.2 Å².